The van der Waals surface area contributed by atoms with Gasteiger partial charge in [-0.3, -0.25) is 14.4 Å². The maximum Gasteiger partial charge on any atom is 0.325 e. The van der Waals surface area contributed by atoms with Gasteiger partial charge in [0, 0.05) is 20.0 Å². The van der Waals surface area contributed by atoms with Crippen molar-refractivity contribution in [1.82, 2.24) is 9.62 Å². The molecule has 1 aromatic carbocycles. The summed E-state index contributed by atoms with van der Waals surface area (Å²) in [6.07, 6.45) is 4.75. The molecular weight excluding hydrogens is 426 g/mol. The average Bonchev–Trinajstić information content (AvgIpc) is 2.76. The number of esters is 1. The first-order valence-electron chi connectivity index (χ1n) is 9.99. The summed E-state index contributed by atoms with van der Waals surface area (Å²) in [4.78, 5) is 36.0. The third kappa shape index (κ3) is 6.93. The van der Waals surface area contributed by atoms with E-state index >= 15 is 0 Å². The number of sulfonamides is 1. The quantitative estimate of drug-likeness (QED) is 0.534. The van der Waals surface area contributed by atoms with Gasteiger partial charge in [-0.1, -0.05) is 19.3 Å². The van der Waals surface area contributed by atoms with Crippen molar-refractivity contribution in [2.75, 3.05) is 39.7 Å². The third-order valence-corrected chi connectivity index (χ3v) is 6.78. The number of nitrogens with one attached hydrogen (secondary N) is 2. The lowest BCUT2D eigenvalue weighted by molar-refractivity contribution is -0.147. The highest BCUT2D eigenvalue weighted by molar-refractivity contribution is 7.89. The molecule has 1 aliphatic carbocycles. The highest BCUT2D eigenvalue weighted by atomic mass is 32.2. The summed E-state index contributed by atoms with van der Waals surface area (Å²) < 4.78 is 35.7. The number of amides is 2. The molecule has 1 saturated carbocycles. The van der Waals surface area contributed by atoms with Crippen LogP contribution in [0.2, 0.25) is 0 Å². The summed E-state index contributed by atoms with van der Waals surface area (Å²) in [7, 11) is 0.452. The van der Waals surface area contributed by atoms with Crippen LogP contribution < -0.4 is 15.4 Å². The van der Waals surface area contributed by atoms with Crippen molar-refractivity contribution in [2.24, 2.45) is 5.92 Å². The second-order valence-corrected chi connectivity index (χ2v) is 9.56. The summed E-state index contributed by atoms with van der Waals surface area (Å²) >= 11 is 0. The van der Waals surface area contributed by atoms with Crippen LogP contribution in [0, 0.1) is 5.92 Å². The number of hydrogen-bond acceptors (Lipinski definition) is 7. The minimum absolute atomic E-state index is 0.0315. The Kier molecular flexibility index (Phi) is 8.81. The molecule has 2 rings (SSSR count). The number of carbonyl (C=O) groups is 3. The lowest BCUT2D eigenvalue weighted by atomic mass is 9.89. The molecule has 172 valence electrons. The standard InChI is InChI=1S/C20H29N3O7S/c1-23(2)31(27,28)15-9-10-17(29-3)16(11-15)22-18(24)13-30-19(25)12-21-20(26)14-7-5-4-6-8-14/h9-11,14H,4-8,12-13H2,1-3H3,(H,21,26)(H,22,24). The smallest absolute Gasteiger partial charge is 0.325 e. The first-order chi connectivity index (χ1) is 14.6. The van der Waals surface area contributed by atoms with Gasteiger partial charge in [-0.25, -0.2) is 12.7 Å². The van der Waals surface area contributed by atoms with E-state index in [4.69, 9.17) is 9.47 Å². The van der Waals surface area contributed by atoms with Gasteiger partial charge in [0.25, 0.3) is 5.91 Å². The monoisotopic (exact) mass is 455 g/mol. The summed E-state index contributed by atoms with van der Waals surface area (Å²) in [5.74, 6) is -1.43. The Morgan fingerprint density at radius 2 is 1.81 bits per heavy atom. The van der Waals surface area contributed by atoms with Crippen molar-refractivity contribution in [3.8, 4) is 5.75 Å². The Morgan fingerprint density at radius 3 is 2.42 bits per heavy atom. The van der Waals surface area contributed by atoms with Crippen LogP contribution in [0.25, 0.3) is 0 Å². The van der Waals surface area contributed by atoms with Crippen molar-refractivity contribution < 1.29 is 32.3 Å². The first kappa shape index (κ1) is 24.6. The number of rotatable bonds is 9. The zero-order valence-corrected chi connectivity index (χ0v) is 18.8. The summed E-state index contributed by atoms with van der Waals surface area (Å²) in [5.41, 5.74) is 0.122. The minimum Gasteiger partial charge on any atom is -0.495 e. The van der Waals surface area contributed by atoms with Crippen molar-refractivity contribution in [3.05, 3.63) is 18.2 Å². The second-order valence-electron chi connectivity index (χ2n) is 7.41. The van der Waals surface area contributed by atoms with E-state index < -0.39 is 28.5 Å². The lowest BCUT2D eigenvalue weighted by Crippen LogP contribution is -2.36. The van der Waals surface area contributed by atoms with Crippen LogP contribution >= 0.6 is 0 Å². The summed E-state index contributed by atoms with van der Waals surface area (Å²) in [6.45, 7) is -0.908. The molecule has 31 heavy (non-hydrogen) atoms. The maximum absolute atomic E-state index is 12.3. The van der Waals surface area contributed by atoms with Crippen LogP contribution in [-0.4, -0.2) is 64.9 Å². The molecule has 0 heterocycles. The predicted octanol–water partition coefficient (Wildman–Crippen LogP) is 1.12. The van der Waals surface area contributed by atoms with Gasteiger partial charge >= 0.3 is 5.97 Å². The number of anilines is 1. The zero-order valence-electron chi connectivity index (χ0n) is 18.0. The van der Waals surface area contributed by atoms with Gasteiger partial charge in [0.2, 0.25) is 15.9 Å². The van der Waals surface area contributed by atoms with E-state index in [2.05, 4.69) is 10.6 Å². The van der Waals surface area contributed by atoms with Gasteiger partial charge in [-0.2, -0.15) is 0 Å². The number of benzene rings is 1. The molecule has 0 radical (unpaired) electrons. The number of methoxy groups -OCH3 is 1. The van der Waals surface area contributed by atoms with Crippen molar-refractivity contribution >= 4 is 33.5 Å². The van der Waals surface area contributed by atoms with Crippen LogP contribution in [-0.2, 0) is 29.1 Å². The molecule has 1 fully saturated rings. The van der Waals surface area contributed by atoms with Gasteiger partial charge in [0.05, 0.1) is 17.7 Å². The molecular formula is C20H29N3O7S. The number of hydrogen-bond donors (Lipinski definition) is 2. The number of ether oxygens (including phenoxy) is 2. The fourth-order valence-corrected chi connectivity index (χ4v) is 4.14. The van der Waals surface area contributed by atoms with E-state index in [1.54, 1.807) is 0 Å². The Balaban J connectivity index is 1.88. The average molecular weight is 456 g/mol. The van der Waals surface area contributed by atoms with Crippen molar-refractivity contribution in [2.45, 2.75) is 37.0 Å². The van der Waals surface area contributed by atoms with Crippen LogP contribution in [0.15, 0.2) is 23.1 Å². The molecule has 1 aliphatic rings. The van der Waals surface area contributed by atoms with Crippen molar-refractivity contribution in [3.63, 3.8) is 0 Å². The predicted molar refractivity (Wildman–Crippen MR) is 113 cm³/mol. The second kappa shape index (κ2) is 11.1. The van der Waals surface area contributed by atoms with E-state index in [1.165, 1.54) is 39.4 Å². The SMILES string of the molecule is COc1ccc(S(=O)(=O)N(C)C)cc1NC(=O)COC(=O)CNC(=O)C1CCCCC1. The maximum atomic E-state index is 12.3. The fraction of sp³-hybridized carbons (Fsp3) is 0.550. The van der Waals surface area contributed by atoms with E-state index in [1.807, 2.05) is 0 Å². The fourth-order valence-electron chi connectivity index (χ4n) is 3.21. The van der Waals surface area contributed by atoms with Crippen LogP contribution in [0.1, 0.15) is 32.1 Å². The molecule has 1 aromatic rings. The van der Waals surface area contributed by atoms with Gasteiger partial charge in [0.1, 0.15) is 12.3 Å². The van der Waals surface area contributed by atoms with E-state index in [9.17, 15) is 22.8 Å². The topological polar surface area (TPSA) is 131 Å². The minimum atomic E-state index is -3.71. The van der Waals surface area contributed by atoms with Gasteiger partial charge in [-0.05, 0) is 31.0 Å². The molecule has 0 aromatic heterocycles. The molecule has 0 atom stereocenters. The van der Waals surface area contributed by atoms with Gasteiger partial charge < -0.3 is 20.1 Å². The van der Waals surface area contributed by atoms with Crippen LogP contribution in [0.4, 0.5) is 5.69 Å². The van der Waals surface area contributed by atoms with E-state index in [-0.39, 0.29) is 34.7 Å². The van der Waals surface area contributed by atoms with E-state index in [0.717, 1.165) is 36.4 Å². The first-order valence-corrected chi connectivity index (χ1v) is 11.4. The molecule has 0 spiro atoms. The van der Waals surface area contributed by atoms with Gasteiger partial charge in [0.15, 0.2) is 6.61 Å². The van der Waals surface area contributed by atoms with E-state index in [0.29, 0.717) is 0 Å². The summed E-state index contributed by atoms with van der Waals surface area (Å²) in [5, 5.41) is 5.02. The van der Waals surface area contributed by atoms with Crippen LogP contribution in [0.5, 0.6) is 5.75 Å². The molecule has 2 N–H and O–H groups in total. The lowest BCUT2D eigenvalue weighted by Gasteiger charge is -2.20. The normalized spacial score (nSPS) is 14.7. The molecule has 0 bridgehead atoms. The summed E-state index contributed by atoms with van der Waals surface area (Å²) in [6, 6.07) is 4.04. The molecule has 2 amide bonds. The zero-order chi connectivity index (χ0) is 23.0. The third-order valence-electron chi connectivity index (χ3n) is 4.97. The molecule has 10 nitrogen and oxygen atoms in total. The van der Waals surface area contributed by atoms with Gasteiger partial charge in [-0.15, -0.1) is 0 Å². The Bertz CT molecular complexity index is 909. The highest BCUT2D eigenvalue weighted by Crippen LogP contribution is 2.28. The number of nitrogens with zero attached hydrogens (tertiary/aromatic N) is 1. The van der Waals surface area contributed by atoms with Crippen LogP contribution in [0.3, 0.4) is 0 Å². The highest BCUT2D eigenvalue weighted by Gasteiger charge is 2.22. The Hall–Kier alpha value is -2.66. The Morgan fingerprint density at radius 1 is 1.13 bits per heavy atom. The molecule has 0 unspecified atom stereocenters. The Labute approximate surface area is 182 Å². The molecule has 0 aliphatic heterocycles. The number of carbonyl (C=O) groups excluding carboxylic acids is 3. The largest absolute Gasteiger partial charge is 0.495 e. The molecule has 0 saturated heterocycles. The molecule has 11 heteroatoms. The van der Waals surface area contributed by atoms with Crippen molar-refractivity contribution in [1.29, 1.82) is 0 Å².